The molecule has 55 heavy (non-hydrogen) atoms. The molecule has 0 N–H and O–H groups in total. The number of hydrogen-bond acceptors (Lipinski definition) is 1. The van der Waals surface area contributed by atoms with E-state index in [4.69, 9.17) is 4.74 Å². The van der Waals surface area contributed by atoms with Gasteiger partial charge in [0, 0.05) is 11.1 Å². The first-order valence-electron chi connectivity index (χ1n) is 19.2. The van der Waals surface area contributed by atoms with Gasteiger partial charge in [-0.2, -0.15) is 0 Å². The number of rotatable bonds is 3. The molecule has 0 saturated carbocycles. The highest BCUT2D eigenvalue weighted by Gasteiger charge is 2.51. The maximum atomic E-state index is 6.81. The van der Waals surface area contributed by atoms with Crippen molar-refractivity contribution < 1.29 is 4.74 Å². The highest BCUT2D eigenvalue weighted by molar-refractivity contribution is 6.08. The lowest BCUT2D eigenvalue weighted by atomic mass is 9.61. The van der Waals surface area contributed by atoms with Crippen molar-refractivity contribution in [3.63, 3.8) is 0 Å². The van der Waals surface area contributed by atoms with Crippen molar-refractivity contribution in [2.45, 2.75) is 10.8 Å². The maximum Gasteiger partial charge on any atom is 0.132 e. The summed E-state index contributed by atoms with van der Waals surface area (Å²) in [6.07, 6.45) is 0. The van der Waals surface area contributed by atoms with Gasteiger partial charge in [0.05, 0.1) is 10.8 Å². The Balaban J connectivity index is 1.17. The molecule has 9 aromatic rings. The molecule has 1 spiro atoms. The summed E-state index contributed by atoms with van der Waals surface area (Å²) in [4.78, 5) is 0. The molecule has 0 bridgehead atoms. The van der Waals surface area contributed by atoms with Crippen LogP contribution in [0, 0.1) is 0 Å². The quantitative estimate of drug-likeness (QED) is 0.178. The lowest BCUT2D eigenvalue weighted by molar-refractivity contribution is 0.434. The fraction of sp³-hybridized carbons (Fsp3) is 0.0370. The van der Waals surface area contributed by atoms with Gasteiger partial charge in [-0.1, -0.05) is 188 Å². The molecule has 0 aromatic heterocycles. The summed E-state index contributed by atoms with van der Waals surface area (Å²) in [6.45, 7) is 0. The maximum absolute atomic E-state index is 6.81. The average Bonchev–Trinajstić information content (AvgIpc) is 3.56. The minimum Gasteiger partial charge on any atom is -0.457 e. The molecule has 12 rings (SSSR count). The van der Waals surface area contributed by atoms with Crippen molar-refractivity contribution >= 4 is 10.8 Å². The molecule has 2 aliphatic carbocycles. The van der Waals surface area contributed by atoms with Crippen LogP contribution in [0.15, 0.2) is 206 Å². The summed E-state index contributed by atoms with van der Waals surface area (Å²) in [6, 6.07) is 76.2. The molecule has 3 aliphatic rings. The minimum absolute atomic E-state index is 0.472. The van der Waals surface area contributed by atoms with Crippen LogP contribution in [0.2, 0.25) is 0 Å². The Morgan fingerprint density at radius 2 is 0.836 bits per heavy atom. The third-order valence-electron chi connectivity index (χ3n) is 12.6. The van der Waals surface area contributed by atoms with E-state index in [1.165, 1.54) is 77.5 Å². The summed E-state index contributed by atoms with van der Waals surface area (Å²) in [5.74, 6) is 1.77. The van der Waals surface area contributed by atoms with E-state index in [1.54, 1.807) is 0 Å². The summed E-state index contributed by atoms with van der Waals surface area (Å²) in [7, 11) is 0. The van der Waals surface area contributed by atoms with E-state index in [0.717, 1.165) is 22.6 Å². The Morgan fingerprint density at radius 3 is 1.60 bits per heavy atom. The number of ether oxygens (including phenoxy) is 1. The monoisotopic (exact) mass is 698 g/mol. The van der Waals surface area contributed by atoms with Gasteiger partial charge in [-0.3, -0.25) is 0 Å². The smallest absolute Gasteiger partial charge is 0.132 e. The second kappa shape index (κ2) is 11.3. The van der Waals surface area contributed by atoms with E-state index < -0.39 is 10.8 Å². The van der Waals surface area contributed by atoms with Gasteiger partial charge in [-0.05, 0) is 95.7 Å². The summed E-state index contributed by atoms with van der Waals surface area (Å²) in [5, 5.41) is 2.62. The Labute approximate surface area is 320 Å². The van der Waals surface area contributed by atoms with Crippen molar-refractivity contribution in [2.24, 2.45) is 0 Å². The molecule has 256 valence electrons. The van der Waals surface area contributed by atoms with Gasteiger partial charge in [0.25, 0.3) is 0 Å². The second-order valence-corrected chi connectivity index (χ2v) is 15.1. The first-order valence-corrected chi connectivity index (χ1v) is 19.2. The minimum atomic E-state index is -0.596. The van der Waals surface area contributed by atoms with Crippen molar-refractivity contribution in [2.75, 3.05) is 0 Å². The fourth-order valence-electron chi connectivity index (χ4n) is 10.6. The molecule has 1 aliphatic heterocycles. The Kier molecular flexibility index (Phi) is 6.25. The van der Waals surface area contributed by atoms with Gasteiger partial charge >= 0.3 is 0 Å². The van der Waals surface area contributed by atoms with E-state index in [1.807, 2.05) is 0 Å². The SMILES string of the molecule is c1ccc(C2(c3ccccc3)c3ccccc3Oc3ccc(-c4cccc5c4-c4ccccc4C54c5ccccc5-c5cccc6cccc4c56)cc32)cc1. The fourth-order valence-corrected chi connectivity index (χ4v) is 10.6. The summed E-state index contributed by atoms with van der Waals surface area (Å²) in [5.41, 5.74) is 16.6. The molecule has 0 saturated heterocycles. The number of para-hydroxylation sites is 1. The molecular weight excluding hydrogens is 665 g/mol. The lowest BCUT2D eigenvalue weighted by Crippen LogP contribution is -2.34. The molecule has 0 fully saturated rings. The predicted molar refractivity (Wildman–Crippen MR) is 224 cm³/mol. The Morgan fingerprint density at radius 1 is 0.309 bits per heavy atom. The molecule has 9 aromatic carbocycles. The third-order valence-corrected chi connectivity index (χ3v) is 12.6. The first kappa shape index (κ1) is 30.5. The molecule has 1 unspecified atom stereocenters. The Hall–Kier alpha value is -6.96. The van der Waals surface area contributed by atoms with Gasteiger partial charge in [0.2, 0.25) is 0 Å². The topological polar surface area (TPSA) is 9.23 Å². The molecule has 1 atom stereocenters. The van der Waals surface area contributed by atoms with Crippen LogP contribution in [-0.2, 0) is 10.8 Å². The number of benzene rings is 9. The standard InChI is InChI=1S/C54H34O/c1-3-18-37(19-4-1)53(38-20-5-2-6-21-38)45-28-11-12-31-49(45)55-50-33-32-36(34-48(50)53)39-24-15-30-47-52(39)42-23-8-10-27-44(42)54(47)43-26-9-7-22-40(43)41-25-13-16-35-17-14-29-46(54)51(35)41/h1-34H. The zero-order chi connectivity index (χ0) is 36.1. The largest absolute Gasteiger partial charge is 0.457 e. The lowest BCUT2D eigenvalue weighted by Gasteiger charge is -2.41. The predicted octanol–water partition coefficient (Wildman–Crippen LogP) is 13.3. The van der Waals surface area contributed by atoms with Crippen molar-refractivity contribution in [3.05, 3.63) is 251 Å². The van der Waals surface area contributed by atoms with Gasteiger partial charge in [0.15, 0.2) is 0 Å². The van der Waals surface area contributed by atoms with Crippen molar-refractivity contribution in [3.8, 4) is 44.9 Å². The van der Waals surface area contributed by atoms with Crippen LogP contribution < -0.4 is 4.74 Å². The summed E-state index contributed by atoms with van der Waals surface area (Å²) < 4.78 is 6.81. The van der Waals surface area contributed by atoms with Gasteiger partial charge < -0.3 is 4.74 Å². The third kappa shape index (κ3) is 3.87. The number of fused-ring (bicyclic) bond motifs is 11. The van der Waals surface area contributed by atoms with E-state index in [2.05, 4.69) is 206 Å². The molecule has 1 heteroatoms. The molecular formula is C54H34O. The van der Waals surface area contributed by atoms with Crippen LogP contribution in [0.4, 0.5) is 0 Å². The van der Waals surface area contributed by atoms with Crippen LogP contribution in [-0.4, -0.2) is 0 Å². The van der Waals surface area contributed by atoms with Crippen molar-refractivity contribution in [1.29, 1.82) is 0 Å². The van der Waals surface area contributed by atoms with Crippen LogP contribution >= 0.6 is 0 Å². The van der Waals surface area contributed by atoms with E-state index >= 15 is 0 Å². The average molecular weight is 699 g/mol. The van der Waals surface area contributed by atoms with Crippen molar-refractivity contribution in [1.82, 2.24) is 0 Å². The highest BCUT2D eigenvalue weighted by Crippen LogP contribution is 2.63. The van der Waals surface area contributed by atoms with E-state index in [-0.39, 0.29) is 0 Å². The van der Waals surface area contributed by atoms with Crippen LogP contribution in [0.3, 0.4) is 0 Å². The Bertz CT molecular complexity index is 2970. The van der Waals surface area contributed by atoms with Gasteiger partial charge in [-0.15, -0.1) is 0 Å². The van der Waals surface area contributed by atoms with Crippen LogP contribution in [0.5, 0.6) is 11.5 Å². The van der Waals surface area contributed by atoms with E-state index in [9.17, 15) is 0 Å². The van der Waals surface area contributed by atoms with Gasteiger partial charge in [0.1, 0.15) is 11.5 Å². The molecule has 1 heterocycles. The van der Waals surface area contributed by atoms with E-state index in [0.29, 0.717) is 0 Å². The zero-order valence-electron chi connectivity index (χ0n) is 30.0. The molecule has 0 radical (unpaired) electrons. The highest BCUT2D eigenvalue weighted by atomic mass is 16.5. The first-order chi connectivity index (χ1) is 27.3. The molecule has 0 amide bonds. The summed E-state index contributed by atoms with van der Waals surface area (Å²) >= 11 is 0. The second-order valence-electron chi connectivity index (χ2n) is 15.1. The van der Waals surface area contributed by atoms with Crippen LogP contribution in [0.25, 0.3) is 44.2 Å². The molecule has 1 nitrogen and oxygen atoms in total. The number of hydrogen-bond donors (Lipinski definition) is 0. The van der Waals surface area contributed by atoms with Crippen LogP contribution in [0.1, 0.15) is 44.5 Å². The normalized spacial score (nSPS) is 16.4. The van der Waals surface area contributed by atoms with Gasteiger partial charge in [-0.25, -0.2) is 0 Å². The zero-order valence-corrected chi connectivity index (χ0v) is 30.0.